The molecule has 0 radical (unpaired) electrons. The number of primary amides is 1. The predicted molar refractivity (Wildman–Crippen MR) is 132 cm³/mol. The van der Waals surface area contributed by atoms with Crippen LogP contribution in [-0.4, -0.2) is 38.9 Å². The number of aromatic nitrogens is 3. The number of nitrogens with one attached hydrogen (secondary N) is 1. The van der Waals surface area contributed by atoms with Gasteiger partial charge in [0.25, 0.3) is 0 Å². The van der Waals surface area contributed by atoms with E-state index in [0.717, 1.165) is 5.69 Å². The van der Waals surface area contributed by atoms with Crippen molar-refractivity contribution in [3.63, 3.8) is 0 Å². The first-order valence-corrected chi connectivity index (χ1v) is 11.7. The predicted octanol–water partition coefficient (Wildman–Crippen LogP) is 4.06. The van der Waals surface area contributed by atoms with Crippen molar-refractivity contribution in [1.29, 1.82) is 0 Å². The molecular formula is C25H22FN5O3S. The van der Waals surface area contributed by atoms with Crippen molar-refractivity contribution < 1.29 is 18.7 Å². The lowest BCUT2D eigenvalue weighted by Gasteiger charge is -2.12. The summed E-state index contributed by atoms with van der Waals surface area (Å²) in [6.45, 7) is 0.114. The van der Waals surface area contributed by atoms with Gasteiger partial charge in [0, 0.05) is 11.3 Å². The third kappa shape index (κ3) is 6.24. The van der Waals surface area contributed by atoms with E-state index in [0.29, 0.717) is 28.0 Å². The molecule has 0 saturated carbocycles. The van der Waals surface area contributed by atoms with Crippen LogP contribution >= 0.6 is 11.8 Å². The molecule has 8 nitrogen and oxygen atoms in total. The Balaban J connectivity index is 1.50. The van der Waals surface area contributed by atoms with Crippen LogP contribution in [0.5, 0.6) is 5.75 Å². The lowest BCUT2D eigenvalue weighted by atomic mass is 10.2. The smallest absolute Gasteiger partial charge is 0.234 e. The molecule has 1 heterocycles. The molecule has 0 unspecified atom stereocenters. The molecule has 3 aromatic carbocycles. The summed E-state index contributed by atoms with van der Waals surface area (Å²) in [5.41, 5.74) is 7.14. The van der Waals surface area contributed by atoms with E-state index in [2.05, 4.69) is 15.5 Å². The van der Waals surface area contributed by atoms with E-state index in [1.54, 1.807) is 36.4 Å². The first kappa shape index (κ1) is 24.0. The third-order valence-electron chi connectivity index (χ3n) is 4.85. The minimum absolute atomic E-state index is 0.0595. The molecule has 4 aromatic rings. The van der Waals surface area contributed by atoms with Crippen LogP contribution in [0.25, 0.3) is 17.1 Å². The molecule has 0 aliphatic heterocycles. The molecule has 0 spiro atoms. The maximum Gasteiger partial charge on any atom is 0.234 e. The normalized spacial score (nSPS) is 10.7. The van der Waals surface area contributed by atoms with Gasteiger partial charge in [0.2, 0.25) is 11.8 Å². The Morgan fingerprint density at radius 2 is 1.69 bits per heavy atom. The second kappa shape index (κ2) is 11.3. The van der Waals surface area contributed by atoms with Crippen LogP contribution in [0.15, 0.2) is 84.0 Å². The highest BCUT2D eigenvalue weighted by molar-refractivity contribution is 7.99. The quantitative estimate of drug-likeness (QED) is 0.324. The number of ether oxygens (including phenoxy) is 1. The molecule has 10 heteroatoms. The molecule has 0 saturated heterocycles. The van der Waals surface area contributed by atoms with Gasteiger partial charge in [-0.25, -0.2) is 4.39 Å². The van der Waals surface area contributed by atoms with E-state index >= 15 is 0 Å². The first-order valence-electron chi connectivity index (χ1n) is 10.7. The van der Waals surface area contributed by atoms with Crippen LogP contribution in [0.4, 0.5) is 10.1 Å². The van der Waals surface area contributed by atoms with Crippen LogP contribution in [0.2, 0.25) is 0 Å². The largest absolute Gasteiger partial charge is 0.491 e. The highest BCUT2D eigenvalue weighted by Gasteiger charge is 2.18. The summed E-state index contributed by atoms with van der Waals surface area (Å²) in [6, 6.07) is 22.4. The van der Waals surface area contributed by atoms with Gasteiger partial charge in [0.15, 0.2) is 11.0 Å². The van der Waals surface area contributed by atoms with Crippen molar-refractivity contribution in [2.45, 2.75) is 11.6 Å². The molecule has 0 fully saturated rings. The van der Waals surface area contributed by atoms with Crippen LogP contribution in [0, 0.1) is 5.82 Å². The van der Waals surface area contributed by atoms with Gasteiger partial charge in [-0.05, 0) is 48.5 Å². The van der Waals surface area contributed by atoms with Gasteiger partial charge in [-0.3, -0.25) is 14.2 Å². The van der Waals surface area contributed by atoms with Crippen LogP contribution < -0.4 is 15.8 Å². The molecule has 4 rings (SSSR count). The molecule has 1 aromatic heterocycles. The molecule has 2 amide bonds. The minimum Gasteiger partial charge on any atom is -0.491 e. The summed E-state index contributed by atoms with van der Waals surface area (Å²) in [4.78, 5) is 23.7. The number of carbonyl (C=O) groups excluding carboxylic acids is 2. The maximum absolute atomic E-state index is 13.4. The minimum atomic E-state index is -0.467. The number of para-hydroxylation sites is 3. The Morgan fingerprint density at radius 1 is 0.971 bits per heavy atom. The van der Waals surface area contributed by atoms with Crippen molar-refractivity contribution in [3.05, 3.63) is 84.7 Å². The zero-order chi connectivity index (χ0) is 24.6. The molecule has 0 aliphatic rings. The number of anilines is 1. The number of hydrogen-bond acceptors (Lipinski definition) is 6. The van der Waals surface area contributed by atoms with Gasteiger partial charge in [0.1, 0.15) is 11.6 Å². The zero-order valence-electron chi connectivity index (χ0n) is 18.6. The number of nitrogens with zero attached hydrogens (tertiary/aromatic N) is 3. The number of halogens is 1. The standard InChI is InChI=1S/C25H22FN5O3S/c26-18-12-10-17(11-13-18)24-29-30-25(31(24)19-6-2-1-3-7-19)35-16-23(33)28-20-8-4-5-9-21(20)34-15-14-22(27)32/h1-13H,14-16H2,(H2,27,32)(H,28,33). The van der Waals surface area contributed by atoms with Crippen molar-refractivity contribution in [2.75, 3.05) is 17.7 Å². The van der Waals surface area contributed by atoms with Crippen LogP contribution in [0.1, 0.15) is 6.42 Å². The number of benzene rings is 3. The second-order valence-electron chi connectivity index (χ2n) is 7.38. The van der Waals surface area contributed by atoms with Gasteiger partial charge < -0.3 is 15.8 Å². The van der Waals surface area contributed by atoms with Crippen molar-refractivity contribution >= 4 is 29.3 Å². The Bertz CT molecular complexity index is 1310. The number of rotatable bonds is 10. The lowest BCUT2D eigenvalue weighted by molar-refractivity contribution is -0.118. The summed E-state index contributed by atoms with van der Waals surface area (Å²) in [5.74, 6) is -0.0447. The third-order valence-corrected chi connectivity index (χ3v) is 5.78. The Hall–Kier alpha value is -4.18. The Kier molecular flexibility index (Phi) is 7.74. The fourth-order valence-corrected chi connectivity index (χ4v) is 3.98. The first-order chi connectivity index (χ1) is 17.0. The summed E-state index contributed by atoms with van der Waals surface area (Å²) in [6.07, 6.45) is 0.0731. The zero-order valence-corrected chi connectivity index (χ0v) is 19.4. The highest BCUT2D eigenvalue weighted by atomic mass is 32.2. The second-order valence-corrected chi connectivity index (χ2v) is 8.32. The molecular weight excluding hydrogens is 469 g/mol. The van der Waals surface area contributed by atoms with E-state index in [9.17, 15) is 14.0 Å². The average molecular weight is 492 g/mol. The summed E-state index contributed by atoms with van der Waals surface area (Å²) in [7, 11) is 0. The van der Waals surface area contributed by atoms with Crippen LogP contribution in [0.3, 0.4) is 0 Å². The van der Waals surface area contributed by atoms with Crippen LogP contribution in [-0.2, 0) is 9.59 Å². The van der Waals surface area contributed by atoms with Gasteiger partial charge in [0.05, 0.1) is 24.5 Å². The SMILES string of the molecule is NC(=O)CCOc1ccccc1NC(=O)CSc1nnc(-c2ccc(F)cc2)n1-c1ccccc1. The molecule has 35 heavy (non-hydrogen) atoms. The maximum atomic E-state index is 13.4. The fraction of sp³-hybridized carbons (Fsp3) is 0.120. The topological polar surface area (TPSA) is 112 Å². The molecule has 0 bridgehead atoms. The number of amides is 2. The number of carbonyl (C=O) groups is 2. The van der Waals surface area contributed by atoms with Crippen molar-refractivity contribution in [1.82, 2.24) is 14.8 Å². The molecule has 3 N–H and O–H groups in total. The van der Waals surface area contributed by atoms with Crippen molar-refractivity contribution in [2.24, 2.45) is 5.73 Å². The number of nitrogens with two attached hydrogens (primary N) is 1. The monoisotopic (exact) mass is 491 g/mol. The van der Waals surface area contributed by atoms with Crippen molar-refractivity contribution in [3.8, 4) is 22.8 Å². The molecule has 0 aliphatic carbocycles. The van der Waals surface area contributed by atoms with Gasteiger partial charge in [-0.1, -0.05) is 42.1 Å². The Morgan fingerprint density at radius 3 is 2.43 bits per heavy atom. The highest BCUT2D eigenvalue weighted by Crippen LogP contribution is 2.29. The molecule has 0 atom stereocenters. The Labute approximate surface area is 205 Å². The summed E-state index contributed by atoms with van der Waals surface area (Å²) in [5, 5.41) is 11.9. The fourth-order valence-electron chi connectivity index (χ4n) is 3.23. The van der Waals surface area contributed by atoms with E-state index in [4.69, 9.17) is 10.5 Å². The van der Waals surface area contributed by atoms with E-state index in [-0.39, 0.29) is 30.5 Å². The van der Waals surface area contributed by atoms with E-state index in [1.165, 1.54) is 23.9 Å². The summed E-state index contributed by atoms with van der Waals surface area (Å²) < 4.78 is 20.8. The number of thioether (sulfide) groups is 1. The number of hydrogen-bond donors (Lipinski definition) is 2. The average Bonchev–Trinajstić information content (AvgIpc) is 3.28. The van der Waals surface area contributed by atoms with Gasteiger partial charge in [-0.15, -0.1) is 10.2 Å². The van der Waals surface area contributed by atoms with E-state index in [1.807, 2.05) is 34.9 Å². The van der Waals surface area contributed by atoms with Gasteiger partial charge in [-0.2, -0.15) is 0 Å². The van der Waals surface area contributed by atoms with E-state index < -0.39 is 5.91 Å². The van der Waals surface area contributed by atoms with Gasteiger partial charge >= 0.3 is 0 Å². The lowest BCUT2D eigenvalue weighted by Crippen LogP contribution is -2.17. The summed E-state index contributed by atoms with van der Waals surface area (Å²) >= 11 is 1.22. The molecule has 178 valence electrons.